The molecule has 7 heteroatoms. The summed E-state index contributed by atoms with van der Waals surface area (Å²) >= 11 is 0. The van der Waals surface area contributed by atoms with Crippen LogP contribution in [0.4, 0.5) is 0 Å². The van der Waals surface area contributed by atoms with Crippen molar-refractivity contribution in [2.45, 2.75) is 37.2 Å². The van der Waals surface area contributed by atoms with Gasteiger partial charge < -0.3 is 10.8 Å². The van der Waals surface area contributed by atoms with Crippen LogP contribution in [-0.4, -0.2) is 42.4 Å². The lowest BCUT2D eigenvalue weighted by Gasteiger charge is -2.36. The Morgan fingerprint density at radius 1 is 1.43 bits per heavy atom. The summed E-state index contributed by atoms with van der Waals surface area (Å²) < 4.78 is 26.5. The number of primary amides is 1. The van der Waals surface area contributed by atoms with E-state index in [0.29, 0.717) is 24.9 Å². The Balaban J connectivity index is 2.40. The zero-order valence-corrected chi connectivity index (χ0v) is 13.0. The molecule has 3 N–H and O–H groups in total. The zero-order valence-electron chi connectivity index (χ0n) is 12.2. The quantitative estimate of drug-likeness (QED) is 0.854. The molecule has 0 aromatic heterocycles. The highest BCUT2D eigenvalue weighted by Crippen LogP contribution is 2.27. The van der Waals surface area contributed by atoms with Crippen LogP contribution in [0, 0.1) is 6.92 Å². The van der Waals surface area contributed by atoms with E-state index in [9.17, 15) is 18.3 Å². The van der Waals surface area contributed by atoms with Crippen LogP contribution >= 0.6 is 0 Å². The molecule has 1 aliphatic heterocycles. The summed E-state index contributed by atoms with van der Waals surface area (Å²) in [5, 5.41) is 10.1. The number of aliphatic hydroxyl groups is 1. The number of nitrogens with zero attached hydrogens (tertiary/aromatic N) is 1. The van der Waals surface area contributed by atoms with E-state index in [2.05, 4.69) is 0 Å². The summed E-state index contributed by atoms with van der Waals surface area (Å²) in [5.74, 6) is -0.657. The summed E-state index contributed by atoms with van der Waals surface area (Å²) in [6, 6.07) is 4.33. The van der Waals surface area contributed by atoms with Crippen molar-refractivity contribution in [3.05, 3.63) is 29.3 Å². The number of β-amino-alcohol motifs (C(OH)–C–C–N with tert-alkyl or cyclic N) is 1. The maximum atomic E-state index is 12.6. The lowest BCUT2D eigenvalue weighted by atomic mass is 9.97. The number of amides is 1. The van der Waals surface area contributed by atoms with Gasteiger partial charge in [-0.05, 0) is 44.4 Å². The summed E-state index contributed by atoms with van der Waals surface area (Å²) in [4.78, 5) is 11.4. The van der Waals surface area contributed by atoms with Crippen molar-refractivity contribution < 1.29 is 18.3 Å². The predicted octanol–water partition coefficient (Wildman–Crippen LogP) is 0.629. The Bertz CT molecular complexity index is 668. The van der Waals surface area contributed by atoms with Gasteiger partial charge in [-0.25, -0.2) is 8.42 Å². The molecule has 1 aromatic rings. The van der Waals surface area contributed by atoms with Gasteiger partial charge in [0.1, 0.15) is 0 Å². The van der Waals surface area contributed by atoms with E-state index in [-0.39, 0.29) is 17.0 Å². The number of piperidine rings is 1. The minimum Gasteiger partial charge on any atom is -0.389 e. The first-order valence-electron chi connectivity index (χ1n) is 6.76. The Hall–Kier alpha value is -1.44. The molecular weight excluding hydrogens is 292 g/mol. The average molecular weight is 312 g/mol. The molecule has 116 valence electrons. The second-order valence-corrected chi connectivity index (χ2v) is 7.72. The van der Waals surface area contributed by atoms with Crippen molar-refractivity contribution in [3.63, 3.8) is 0 Å². The number of hydrogen-bond acceptors (Lipinski definition) is 4. The molecule has 0 spiro atoms. The van der Waals surface area contributed by atoms with Gasteiger partial charge in [0.2, 0.25) is 15.9 Å². The fraction of sp³-hybridized carbons (Fsp3) is 0.500. The van der Waals surface area contributed by atoms with E-state index in [1.165, 1.54) is 16.4 Å². The molecule has 1 heterocycles. The van der Waals surface area contributed by atoms with Gasteiger partial charge in [-0.1, -0.05) is 6.07 Å². The number of benzene rings is 1. The van der Waals surface area contributed by atoms with Crippen LogP contribution in [0.2, 0.25) is 0 Å². The number of hydrogen-bond donors (Lipinski definition) is 2. The van der Waals surface area contributed by atoms with Crippen LogP contribution in [0.3, 0.4) is 0 Å². The van der Waals surface area contributed by atoms with Crippen LogP contribution in [0.25, 0.3) is 0 Å². The highest BCUT2D eigenvalue weighted by Gasteiger charge is 2.35. The van der Waals surface area contributed by atoms with Crippen molar-refractivity contribution in [2.75, 3.05) is 13.1 Å². The SMILES string of the molecule is Cc1ccc(S(=O)(=O)N2CCCC(C)(O)C2)cc1C(N)=O. The molecule has 0 bridgehead atoms. The van der Waals surface area contributed by atoms with E-state index in [1.807, 2.05) is 0 Å². The van der Waals surface area contributed by atoms with Crippen molar-refractivity contribution in [1.82, 2.24) is 4.31 Å². The number of nitrogens with two attached hydrogens (primary N) is 1. The Kier molecular flexibility index (Phi) is 4.10. The van der Waals surface area contributed by atoms with Crippen LogP contribution in [-0.2, 0) is 10.0 Å². The lowest BCUT2D eigenvalue weighted by Crippen LogP contribution is -2.48. The number of carbonyl (C=O) groups is 1. The van der Waals surface area contributed by atoms with Gasteiger partial charge in [0.05, 0.1) is 10.5 Å². The maximum absolute atomic E-state index is 12.6. The van der Waals surface area contributed by atoms with Gasteiger partial charge in [-0.15, -0.1) is 0 Å². The van der Waals surface area contributed by atoms with Crippen LogP contribution in [0.1, 0.15) is 35.7 Å². The number of rotatable bonds is 3. The smallest absolute Gasteiger partial charge is 0.249 e. The molecule has 1 atom stereocenters. The summed E-state index contributed by atoms with van der Waals surface area (Å²) in [6.07, 6.45) is 1.17. The van der Waals surface area contributed by atoms with E-state index in [0.717, 1.165) is 0 Å². The number of carbonyl (C=O) groups excluding carboxylic acids is 1. The summed E-state index contributed by atoms with van der Waals surface area (Å²) in [7, 11) is -3.74. The fourth-order valence-corrected chi connectivity index (χ4v) is 4.18. The molecule has 0 radical (unpaired) electrons. The Morgan fingerprint density at radius 3 is 2.67 bits per heavy atom. The number of aryl methyl sites for hydroxylation is 1. The van der Waals surface area contributed by atoms with Gasteiger partial charge in [0.15, 0.2) is 0 Å². The van der Waals surface area contributed by atoms with Crippen molar-refractivity contribution in [3.8, 4) is 0 Å². The summed E-state index contributed by atoms with van der Waals surface area (Å²) in [5.41, 5.74) is 5.06. The fourth-order valence-electron chi connectivity index (χ4n) is 2.56. The molecule has 21 heavy (non-hydrogen) atoms. The van der Waals surface area contributed by atoms with E-state index < -0.39 is 21.5 Å². The van der Waals surface area contributed by atoms with Crippen molar-refractivity contribution >= 4 is 15.9 Å². The van der Waals surface area contributed by atoms with E-state index >= 15 is 0 Å². The standard InChI is InChI=1S/C14H20N2O4S/c1-10-4-5-11(8-12(10)13(15)17)21(19,20)16-7-3-6-14(2,18)9-16/h4-5,8,18H,3,6-7,9H2,1-2H3,(H2,15,17). The Labute approximate surface area is 124 Å². The third-order valence-corrected chi connectivity index (χ3v) is 5.59. The van der Waals surface area contributed by atoms with Crippen LogP contribution in [0.5, 0.6) is 0 Å². The van der Waals surface area contributed by atoms with Crippen LogP contribution in [0.15, 0.2) is 23.1 Å². The van der Waals surface area contributed by atoms with Crippen LogP contribution < -0.4 is 5.73 Å². The Morgan fingerprint density at radius 2 is 2.10 bits per heavy atom. The topological polar surface area (TPSA) is 101 Å². The van der Waals surface area contributed by atoms with Gasteiger partial charge in [0.25, 0.3) is 0 Å². The molecule has 2 rings (SSSR count). The monoisotopic (exact) mass is 312 g/mol. The zero-order chi connectivity index (χ0) is 15.8. The highest BCUT2D eigenvalue weighted by atomic mass is 32.2. The van der Waals surface area contributed by atoms with Gasteiger partial charge in [0, 0.05) is 18.7 Å². The first-order valence-corrected chi connectivity index (χ1v) is 8.20. The van der Waals surface area contributed by atoms with Gasteiger partial charge >= 0.3 is 0 Å². The maximum Gasteiger partial charge on any atom is 0.249 e. The first kappa shape index (κ1) is 15.9. The molecule has 0 saturated carbocycles. The van der Waals surface area contributed by atoms with Gasteiger partial charge in [-0.2, -0.15) is 4.31 Å². The molecular formula is C14H20N2O4S. The van der Waals surface area contributed by atoms with Crippen molar-refractivity contribution in [1.29, 1.82) is 0 Å². The average Bonchev–Trinajstić information content (AvgIpc) is 2.37. The second-order valence-electron chi connectivity index (χ2n) is 5.78. The molecule has 0 aliphatic carbocycles. The highest BCUT2D eigenvalue weighted by molar-refractivity contribution is 7.89. The molecule has 1 aromatic carbocycles. The molecule has 1 unspecified atom stereocenters. The van der Waals surface area contributed by atoms with E-state index in [4.69, 9.17) is 5.73 Å². The molecule has 1 fully saturated rings. The third kappa shape index (κ3) is 3.25. The van der Waals surface area contributed by atoms with E-state index in [1.54, 1.807) is 19.9 Å². The predicted molar refractivity (Wildman–Crippen MR) is 78.3 cm³/mol. The summed E-state index contributed by atoms with van der Waals surface area (Å²) in [6.45, 7) is 3.73. The second kappa shape index (κ2) is 5.40. The minimum atomic E-state index is -3.74. The van der Waals surface area contributed by atoms with Gasteiger partial charge in [-0.3, -0.25) is 4.79 Å². The third-order valence-electron chi connectivity index (χ3n) is 3.75. The molecule has 1 amide bonds. The first-order chi connectivity index (χ1) is 9.63. The largest absolute Gasteiger partial charge is 0.389 e. The van der Waals surface area contributed by atoms with Crippen molar-refractivity contribution in [2.24, 2.45) is 5.73 Å². The lowest BCUT2D eigenvalue weighted by molar-refractivity contribution is 0.00939. The molecule has 6 nitrogen and oxygen atoms in total. The minimum absolute atomic E-state index is 0.0274. The normalized spacial score (nSPS) is 24.0. The molecule has 1 aliphatic rings. The number of sulfonamides is 1. The molecule has 1 saturated heterocycles.